The molecule has 7 heteroatoms. The Balaban J connectivity index is 0.00000220. The Labute approximate surface area is 129 Å². The first kappa shape index (κ1) is 17.8. The summed E-state index contributed by atoms with van der Waals surface area (Å²) in [7, 11) is 1.49. The number of carbonyl (C=O) groups excluding carboxylic acids is 1. The van der Waals surface area contributed by atoms with Crippen LogP contribution < -0.4 is 5.73 Å². The molecule has 2 N–H and O–H groups in total. The number of amides is 1. The van der Waals surface area contributed by atoms with Gasteiger partial charge in [0.15, 0.2) is 0 Å². The molecule has 0 spiro atoms. The van der Waals surface area contributed by atoms with Gasteiger partial charge in [-0.3, -0.25) is 4.79 Å². The molecule has 1 heterocycles. The number of rotatable bonds is 4. The van der Waals surface area contributed by atoms with Crippen LogP contribution in [0.1, 0.15) is 11.7 Å². The fourth-order valence-electron chi connectivity index (χ4n) is 2.26. The third-order valence-corrected chi connectivity index (χ3v) is 3.29. The van der Waals surface area contributed by atoms with Gasteiger partial charge >= 0.3 is 0 Å². The summed E-state index contributed by atoms with van der Waals surface area (Å²) in [4.78, 5) is 13.7. The molecule has 0 bridgehead atoms. The molecule has 0 saturated carbocycles. The monoisotopic (exact) mass is 318 g/mol. The maximum Gasteiger partial charge on any atom is 0.242 e. The number of carbonyl (C=O) groups is 1. The van der Waals surface area contributed by atoms with Crippen LogP contribution in [0.4, 0.5) is 4.39 Å². The largest absolute Gasteiger partial charge is 0.383 e. The number of halogens is 2. The average molecular weight is 319 g/mol. The molecule has 5 nitrogen and oxygen atoms in total. The molecule has 1 aromatic rings. The molecule has 0 aliphatic carbocycles. The van der Waals surface area contributed by atoms with Crippen molar-refractivity contribution < 1.29 is 18.7 Å². The van der Waals surface area contributed by atoms with Crippen LogP contribution in [0.2, 0.25) is 0 Å². The van der Waals surface area contributed by atoms with E-state index in [-0.39, 0.29) is 30.7 Å². The van der Waals surface area contributed by atoms with Crippen LogP contribution in [0.15, 0.2) is 24.3 Å². The van der Waals surface area contributed by atoms with Gasteiger partial charge in [-0.15, -0.1) is 12.4 Å². The van der Waals surface area contributed by atoms with Gasteiger partial charge in [0.2, 0.25) is 5.91 Å². The van der Waals surface area contributed by atoms with Crippen LogP contribution in [0.5, 0.6) is 0 Å². The Hall–Kier alpha value is -1.21. The summed E-state index contributed by atoms with van der Waals surface area (Å²) in [6, 6.07) is 5.73. The van der Waals surface area contributed by atoms with Crippen molar-refractivity contribution in [2.75, 3.05) is 33.4 Å². The molecular formula is C14H20ClFN2O3. The first-order valence-electron chi connectivity index (χ1n) is 6.52. The quantitative estimate of drug-likeness (QED) is 0.903. The van der Waals surface area contributed by atoms with Crippen LogP contribution in [-0.2, 0) is 14.3 Å². The van der Waals surface area contributed by atoms with Crippen molar-refractivity contribution in [2.45, 2.75) is 12.1 Å². The fourth-order valence-corrected chi connectivity index (χ4v) is 2.26. The Kier molecular flexibility index (Phi) is 7.04. The van der Waals surface area contributed by atoms with Gasteiger partial charge in [0.05, 0.1) is 19.8 Å². The number of nitrogens with zero attached hydrogens (tertiary/aromatic N) is 1. The highest BCUT2D eigenvalue weighted by Crippen LogP contribution is 2.24. The lowest BCUT2D eigenvalue weighted by molar-refractivity contribution is -0.141. The molecule has 2 unspecified atom stereocenters. The minimum Gasteiger partial charge on any atom is -0.383 e. The summed E-state index contributed by atoms with van der Waals surface area (Å²) in [5.74, 6) is -0.524. The number of methoxy groups -OCH3 is 1. The second kappa shape index (κ2) is 8.29. The van der Waals surface area contributed by atoms with Gasteiger partial charge in [0.25, 0.3) is 0 Å². The minimum atomic E-state index is -0.695. The standard InChI is InChI=1S/C14H19FN2O3.ClH/c1-19-9-12(16)14(18)17-6-7-20-13(8-17)10-4-2-3-5-11(10)15;/h2-5,12-13H,6-9,16H2,1H3;1H. The fraction of sp³-hybridized carbons (Fsp3) is 0.500. The van der Waals surface area contributed by atoms with Gasteiger partial charge in [-0.1, -0.05) is 18.2 Å². The Morgan fingerprint density at radius 3 is 2.95 bits per heavy atom. The highest BCUT2D eigenvalue weighted by molar-refractivity contribution is 5.85. The predicted octanol–water partition coefficient (Wildman–Crippen LogP) is 1.12. The molecule has 2 rings (SSSR count). The van der Waals surface area contributed by atoms with Gasteiger partial charge in [-0.05, 0) is 6.07 Å². The van der Waals surface area contributed by atoms with Crippen molar-refractivity contribution in [1.29, 1.82) is 0 Å². The van der Waals surface area contributed by atoms with Crippen molar-refractivity contribution in [1.82, 2.24) is 4.90 Å². The molecular weight excluding hydrogens is 299 g/mol. The lowest BCUT2D eigenvalue weighted by Gasteiger charge is -2.34. The first-order valence-corrected chi connectivity index (χ1v) is 6.52. The molecule has 1 aliphatic heterocycles. The molecule has 118 valence electrons. The van der Waals surface area contributed by atoms with E-state index in [1.807, 2.05) is 0 Å². The van der Waals surface area contributed by atoms with Crippen molar-refractivity contribution in [3.63, 3.8) is 0 Å². The van der Waals surface area contributed by atoms with E-state index < -0.39 is 12.1 Å². The molecule has 1 aromatic carbocycles. The lowest BCUT2D eigenvalue weighted by Crippen LogP contribution is -2.50. The Bertz CT molecular complexity index is 475. The topological polar surface area (TPSA) is 64.8 Å². The third-order valence-electron chi connectivity index (χ3n) is 3.29. The van der Waals surface area contributed by atoms with Gasteiger partial charge in [0.1, 0.15) is 18.0 Å². The molecule has 1 saturated heterocycles. The van der Waals surface area contributed by atoms with Crippen LogP contribution in [0, 0.1) is 5.82 Å². The van der Waals surface area contributed by atoms with E-state index in [4.69, 9.17) is 15.2 Å². The molecule has 1 aliphatic rings. The van der Waals surface area contributed by atoms with Gasteiger partial charge in [0, 0.05) is 19.2 Å². The van der Waals surface area contributed by atoms with Gasteiger partial charge < -0.3 is 20.1 Å². The van der Waals surface area contributed by atoms with E-state index in [9.17, 15) is 9.18 Å². The average Bonchev–Trinajstić information content (AvgIpc) is 2.47. The summed E-state index contributed by atoms with van der Waals surface area (Å²) in [5, 5.41) is 0. The number of morpholine rings is 1. The molecule has 2 atom stereocenters. The second-order valence-electron chi connectivity index (χ2n) is 4.73. The number of nitrogens with two attached hydrogens (primary N) is 1. The molecule has 1 amide bonds. The van der Waals surface area contributed by atoms with E-state index in [0.29, 0.717) is 25.3 Å². The summed E-state index contributed by atoms with van der Waals surface area (Å²) in [6.45, 7) is 1.30. The highest BCUT2D eigenvalue weighted by atomic mass is 35.5. The number of hydrogen-bond donors (Lipinski definition) is 1. The van der Waals surface area contributed by atoms with Crippen LogP contribution in [-0.4, -0.2) is 50.3 Å². The maximum absolute atomic E-state index is 13.8. The Morgan fingerprint density at radius 2 is 2.29 bits per heavy atom. The SMILES string of the molecule is COCC(N)C(=O)N1CCOC(c2ccccc2F)C1.Cl. The van der Waals surface area contributed by atoms with E-state index >= 15 is 0 Å². The number of hydrogen-bond acceptors (Lipinski definition) is 4. The van der Waals surface area contributed by atoms with Gasteiger partial charge in [-0.25, -0.2) is 4.39 Å². The van der Waals surface area contributed by atoms with Crippen LogP contribution in [0.3, 0.4) is 0 Å². The Morgan fingerprint density at radius 1 is 1.57 bits per heavy atom. The number of benzene rings is 1. The second-order valence-corrected chi connectivity index (χ2v) is 4.73. The highest BCUT2D eigenvalue weighted by Gasteiger charge is 2.29. The van der Waals surface area contributed by atoms with Crippen molar-refractivity contribution in [3.8, 4) is 0 Å². The zero-order valence-electron chi connectivity index (χ0n) is 11.8. The summed E-state index contributed by atoms with van der Waals surface area (Å²) >= 11 is 0. The van der Waals surface area contributed by atoms with E-state index in [1.54, 1.807) is 23.1 Å². The predicted molar refractivity (Wildman–Crippen MR) is 78.8 cm³/mol. The third kappa shape index (κ3) is 4.38. The smallest absolute Gasteiger partial charge is 0.242 e. The zero-order valence-corrected chi connectivity index (χ0v) is 12.6. The van der Waals surface area contributed by atoms with E-state index in [2.05, 4.69) is 0 Å². The number of ether oxygens (including phenoxy) is 2. The van der Waals surface area contributed by atoms with E-state index in [1.165, 1.54) is 13.2 Å². The molecule has 1 fully saturated rings. The van der Waals surface area contributed by atoms with Crippen molar-refractivity contribution in [2.24, 2.45) is 5.73 Å². The minimum absolute atomic E-state index is 0. The first-order chi connectivity index (χ1) is 9.63. The summed E-state index contributed by atoms with van der Waals surface area (Å²) < 4.78 is 24.2. The molecule has 0 radical (unpaired) electrons. The lowest BCUT2D eigenvalue weighted by atomic mass is 10.1. The summed E-state index contributed by atoms with van der Waals surface area (Å²) in [5.41, 5.74) is 6.20. The van der Waals surface area contributed by atoms with Crippen LogP contribution in [0.25, 0.3) is 0 Å². The normalized spacial score (nSPS) is 19.8. The summed E-state index contributed by atoms with van der Waals surface area (Å²) in [6.07, 6.45) is -0.455. The molecule has 0 aromatic heterocycles. The van der Waals surface area contributed by atoms with Crippen LogP contribution >= 0.6 is 12.4 Å². The van der Waals surface area contributed by atoms with E-state index in [0.717, 1.165) is 0 Å². The molecule has 21 heavy (non-hydrogen) atoms. The maximum atomic E-state index is 13.8. The van der Waals surface area contributed by atoms with Crippen molar-refractivity contribution in [3.05, 3.63) is 35.6 Å². The van der Waals surface area contributed by atoms with Crippen molar-refractivity contribution >= 4 is 18.3 Å². The van der Waals surface area contributed by atoms with Gasteiger partial charge in [-0.2, -0.15) is 0 Å². The zero-order chi connectivity index (χ0) is 14.5.